The third-order valence-electron chi connectivity index (χ3n) is 4.95. The summed E-state index contributed by atoms with van der Waals surface area (Å²) in [5, 5.41) is 0. The fraction of sp³-hybridized carbons (Fsp3) is 0.375. The highest BCUT2D eigenvalue weighted by atomic mass is 35.5. The second-order valence-corrected chi connectivity index (χ2v) is 7.06. The van der Waals surface area contributed by atoms with Gasteiger partial charge in [0.05, 0.1) is 12.1 Å². The normalized spacial score (nSPS) is 10.6. The number of imidazole rings is 1. The predicted molar refractivity (Wildman–Crippen MR) is 109 cm³/mol. The molecular weight excluding hydrogens is 352 g/mol. The Morgan fingerprint density at radius 3 is 2.11 bits per heavy atom. The summed E-state index contributed by atoms with van der Waals surface area (Å²) >= 11 is 0. The molecule has 0 fully saturated rings. The number of aryl methyl sites for hydroxylation is 1. The summed E-state index contributed by atoms with van der Waals surface area (Å²) in [7, 11) is 0. The number of rotatable bonds is 10. The monoisotopic (exact) mass is 382 g/mol. The van der Waals surface area contributed by atoms with Crippen molar-refractivity contribution in [2.75, 3.05) is 0 Å². The molecule has 0 atom stereocenters. The molecule has 0 aliphatic carbocycles. The molecule has 0 N–H and O–H groups in total. The molecule has 0 aliphatic heterocycles. The Hall–Kier alpha value is -2.06. The van der Waals surface area contributed by atoms with E-state index in [1.807, 2.05) is 0 Å². The Morgan fingerprint density at radius 1 is 0.778 bits per heavy atom. The number of hydrogen-bond acceptors (Lipinski definition) is 0. The zero-order valence-corrected chi connectivity index (χ0v) is 17.1. The summed E-state index contributed by atoms with van der Waals surface area (Å²) in [4.78, 5) is 0. The molecule has 2 nitrogen and oxygen atoms in total. The summed E-state index contributed by atoms with van der Waals surface area (Å²) < 4.78 is 4.81. The summed E-state index contributed by atoms with van der Waals surface area (Å²) in [6.45, 7) is 4.28. The minimum Gasteiger partial charge on any atom is -1.00 e. The van der Waals surface area contributed by atoms with Gasteiger partial charge in [-0.3, -0.25) is 0 Å². The average molecular weight is 383 g/mol. The van der Waals surface area contributed by atoms with Gasteiger partial charge in [0.2, 0.25) is 0 Å². The first-order chi connectivity index (χ1) is 12.9. The first kappa shape index (κ1) is 21.2. The molecule has 2 aromatic carbocycles. The smallest absolute Gasteiger partial charge is 0.289 e. The van der Waals surface area contributed by atoms with Crippen molar-refractivity contribution in [3.63, 3.8) is 0 Å². The molecule has 1 aromatic heterocycles. The fourth-order valence-electron chi connectivity index (χ4n) is 3.54. The molecule has 0 saturated carbocycles. The van der Waals surface area contributed by atoms with Gasteiger partial charge in [-0.1, -0.05) is 81.1 Å². The number of nitrogens with zero attached hydrogens (tertiary/aromatic N) is 2. The molecule has 144 valence electrons. The van der Waals surface area contributed by atoms with Gasteiger partial charge in [0.15, 0.2) is 0 Å². The Kier molecular flexibility index (Phi) is 9.13. The highest BCUT2D eigenvalue weighted by molar-refractivity contribution is 5.52. The van der Waals surface area contributed by atoms with Gasteiger partial charge in [-0.05, 0) is 30.5 Å². The van der Waals surface area contributed by atoms with Crippen LogP contribution < -0.4 is 17.0 Å². The molecule has 3 rings (SSSR count). The largest absolute Gasteiger partial charge is 1.00 e. The molecule has 0 unspecified atom stereocenters. The van der Waals surface area contributed by atoms with Crippen LogP contribution in [-0.2, 0) is 13.1 Å². The van der Waals surface area contributed by atoms with Crippen LogP contribution in [0.4, 0.5) is 0 Å². The first-order valence-electron chi connectivity index (χ1n) is 10.1. The van der Waals surface area contributed by atoms with Gasteiger partial charge in [-0.15, -0.1) is 0 Å². The van der Waals surface area contributed by atoms with Crippen LogP contribution in [0.5, 0.6) is 0 Å². The maximum atomic E-state index is 2.43. The molecule has 0 saturated heterocycles. The fourth-order valence-corrected chi connectivity index (χ4v) is 3.54. The Morgan fingerprint density at radius 2 is 1.41 bits per heavy atom. The van der Waals surface area contributed by atoms with Crippen molar-refractivity contribution in [3.8, 4) is 11.4 Å². The Bertz CT molecular complexity index is 766. The summed E-state index contributed by atoms with van der Waals surface area (Å²) in [5.74, 6) is 1.31. The molecular formula is C24H31ClN2. The van der Waals surface area contributed by atoms with Crippen LogP contribution in [0.1, 0.15) is 51.0 Å². The van der Waals surface area contributed by atoms with Crippen molar-refractivity contribution in [2.24, 2.45) is 0 Å². The highest BCUT2D eigenvalue weighted by Gasteiger charge is 2.19. The van der Waals surface area contributed by atoms with Gasteiger partial charge in [0.25, 0.3) is 5.82 Å². The van der Waals surface area contributed by atoms with E-state index in [1.165, 1.54) is 55.5 Å². The SMILES string of the molecule is CCCCCCCCn1cc[n+](Cc2ccccc2)c1-c1ccccc1.[Cl-]. The van der Waals surface area contributed by atoms with E-state index in [0.29, 0.717) is 0 Å². The number of hydrogen-bond donors (Lipinski definition) is 0. The lowest BCUT2D eigenvalue weighted by atomic mass is 10.1. The van der Waals surface area contributed by atoms with Crippen molar-refractivity contribution in [1.82, 2.24) is 4.57 Å². The number of halogens is 1. The molecule has 3 aromatic rings. The third kappa shape index (κ3) is 6.25. The molecule has 0 bridgehead atoms. The van der Waals surface area contributed by atoms with Crippen LogP contribution in [0.2, 0.25) is 0 Å². The van der Waals surface area contributed by atoms with Crippen molar-refractivity contribution in [2.45, 2.75) is 58.5 Å². The second-order valence-electron chi connectivity index (χ2n) is 7.06. The number of benzene rings is 2. The number of aromatic nitrogens is 2. The maximum absolute atomic E-state index is 2.43. The van der Waals surface area contributed by atoms with Gasteiger partial charge < -0.3 is 12.4 Å². The van der Waals surface area contributed by atoms with Crippen molar-refractivity contribution in [1.29, 1.82) is 0 Å². The highest BCUT2D eigenvalue weighted by Crippen LogP contribution is 2.17. The van der Waals surface area contributed by atoms with Crippen LogP contribution in [0.15, 0.2) is 73.1 Å². The van der Waals surface area contributed by atoms with E-state index in [1.54, 1.807) is 0 Å². The topological polar surface area (TPSA) is 8.81 Å². The van der Waals surface area contributed by atoms with Crippen LogP contribution in [0, 0.1) is 0 Å². The Labute approximate surface area is 170 Å². The van der Waals surface area contributed by atoms with E-state index in [0.717, 1.165) is 13.1 Å². The van der Waals surface area contributed by atoms with Crippen LogP contribution in [0.25, 0.3) is 11.4 Å². The van der Waals surface area contributed by atoms with E-state index in [2.05, 4.69) is 89.1 Å². The molecule has 0 amide bonds. The second kappa shape index (κ2) is 11.6. The average Bonchev–Trinajstić information content (AvgIpc) is 3.08. The minimum absolute atomic E-state index is 0. The lowest BCUT2D eigenvalue weighted by Crippen LogP contribution is -3.00. The molecule has 1 heterocycles. The molecule has 0 aliphatic rings. The molecule has 27 heavy (non-hydrogen) atoms. The van der Waals surface area contributed by atoms with Gasteiger partial charge >= 0.3 is 0 Å². The summed E-state index contributed by atoms with van der Waals surface area (Å²) in [6, 6.07) is 21.5. The summed E-state index contributed by atoms with van der Waals surface area (Å²) in [5.41, 5.74) is 2.63. The van der Waals surface area contributed by atoms with E-state index >= 15 is 0 Å². The van der Waals surface area contributed by atoms with E-state index < -0.39 is 0 Å². The lowest BCUT2D eigenvalue weighted by Gasteiger charge is -2.06. The zero-order valence-electron chi connectivity index (χ0n) is 16.4. The van der Waals surface area contributed by atoms with Gasteiger partial charge in [-0.25, -0.2) is 9.13 Å². The van der Waals surface area contributed by atoms with Gasteiger partial charge in [-0.2, -0.15) is 0 Å². The van der Waals surface area contributed by atoms with Crippen molar-refractivity contribution < 1.29 is 17.0 Å². The van der Waals surface area contributed by atoms with Crippen LogP contribution >= 0.6 is 0 Å². The van der Waals surface area contributed by atoms with Gasteiger partial charge in [0, 0.05) is 0 Å². The molecule has 0 spiro atoms. The predicted octanol–water partition coefficient (Wildman–Crippen LogP) is 2.86. The standard InChI is InChI=1S/C24H31N2.ClH/c1-2-3-4-5-6-13-18-25-19-20-26(21-22-14-9-7-10-15-22)24(25)23-16-11-8-12-17-23;/h7-12,14-17,19-20H,2-6,13,18,21H2,1H3;1H/q+1;/p-1. The maximum Gasteiger partial charge on any atom is 0.289 e. The van der Waals surface area contributed by atoms with E-state index in [-0.39, 0.29) is 12.4 Å². The van der Waals surface area contributed by atoms with Crippen molar-refractivity contribution >= 4 is 0 Å². The van der Waals surface area contributed by atoms with Crippen LogP contribution in [-0.4, -0.2) is 4.57 Å². The third-order valence-corrected chi connectivity index (χ3v) is 4.95. The van der Waals surface area contributed by atoms with Gasteiger partial charge in [0.1, 0.15) is 18.9 Å². The minimum atomic E-state index is 0. The Balaban J connectivity index is 0.00000261. The quantitative estimate of drug-likeness (QED) is 0.376. The summed E-state index contributed by atoms with van der Waals surface area (Å²) in [6.07, 6.45) is 12.5. The molecule has 3 heteroatoms. The van der Waals surface area contributed by atoms with Crippen LogP contribution in [0.3, 0.4) is 0 Å². The lowest BCUT2D eigenvalue weighted by molar-refractivity contribution is -0.676. The van der Waals surface area contributed by atoms with E-state index in [4.69, 9.17) is 0 Å². The number of unbranched alkanes of at least 4 members (excludes halogenated alkanes) is 5. The molecule has 0 radical (unpaired) electrons. The zero-order chi connectivity index (χ0) is 18.0. The van der Waals surface area contributed by atoms with Crippen molar-refractivity contribution in [3.05, 3.63) is 78.6 Å². The van der Waals surface area contributed by atoms with E-state index in [9.17, 15) is 0 Å². The first-order valence-corrected chi connectivity index (χ1v) is 10.1.